The molecule has 0 aliphatic carbocycles. The fraction of sp³-hybridized carbons (Fsp3) is 0.346. The number of thioether (sulfide) groups is 1. The number of amides is 3. The lowest BCUT2D eigenvalue weighted by atomic mass is 10.1. The van der Waals surface area contributed by atoms with Crippen LogP contribution in [0, 0.1) is 0 Å². The number of morpholine rings is 1. The molecule has 9 nitrogen and oxygen atoms in total. The number of benzene rings is 2. The molecule has 190 valence electrons. The SMILES string of the molecule is COc1cccc(/C=C2\SC(=O)N(CC(=O)Nc3ccc(N4CCOCC4)cc3)C2=O)c1OC(C)C. The number of nitrogens with zero attached hydrogens (tertiary/aromatic N) is 2. The zero-order valence-electron chi connectivity index (χ0n) is 20.5. The number of methoxy groups -OCH3 is 1. The van der Waals surface area contributed by atoms with Crippen molar-refractivity contribution in [2.45, 2.75) is 20.0 Å². The maximum Gasteiger partial charge on any atom is 0.294 e. The number of carbonyl (C=O) groups excluding carboxylic acids is 3. The lowest BCUT2D eigenvalue weighted by Gasteiger charge is -2.28. The number of ether oxygens (including phenoxy) is 3. The van der Waals surface area contributed by atoms with E-state index >= 15 is 0 Å². The third-order valence-electron chi connectivity index (χ3n) is 5.57. The molecule has 0 radical (unpaired) electrons. The molecule has 4 rings (SSSR count). The number of hydrogen-bond donors (Lipinski definition) is 1. The third-order valence-corrected chi connectivity index (χ3v) is 6.48. The van der Waals surface area contributed by atoms with Gasteiger partial charge in [-0.2, -0.15) is 0 Å². The molecule has 10 heteroatoms. The summed E-state index contributed by atoms with van der Waals surface area (Å²) in [5.74, 6) is 0.0276. The number of anilines is 2. The topological polar surface area (TPSA) is 97.4 Å². The number of hydrogen-bond acceptors (Lipinski definition) is 8. The smallest absolute Gasteiger partial charge is 0.294 e. The van der Waals surface area contributed by atoms with E-state index in [0.717, 1.165) is 35.4 Å². The van der Waals surface area contributed by atoms with Crippen LogP contribution in [0.1, 0.15) is 19.4 Å². The van der Waals surface area contributed by atoms with Gasteiger partial charge in [0.25, 0.3) is 11.1 Å². The van der Waals surface area contributed by atoms with Crippen LogP contribution in [0.15, 0.2) is 47.4 Å². The first-order chi connectivity index (χ1) is 17.4. The molecule has 2 aromatic carbocycles. The Morgan fingerprint density at radius 1 is 1.14 bits per heavy atom. The van der Waals surface area contributed by atoms with Crippen molar-refractivity contribution in [2.75, 3.05) is 50.2 Å². The molecule has 1 N–H and O–H groups in total. The fourth-order valence-corrected chi connectivity index (χ4v) is 4.70. The van der Waals surface area contributed by atoms with E-state index in [0.29, 0.717) is 36.0 Å². The summed E-state index contributed by atoms with van der Waals surface area (Å²) in [4.78, 5) is 41.5. The minimum absolute atomic E-state index is 0.116. The van der Waals surface area contributed by atoms with E-state index in [4.69, 9.17) is 14.2 Å². The zero-order chi connectivity index (χ0) is 25.7. The molecule has 3 amide bonds. The molecule has 0 atom stereocenters. The maximum absolute atomic E-state index is 13.0. The van der Waals surface area contributed by atoms with Crippen molar-refractivity contribution < 1.29 is 28.6 Å². The summed E-state index contributed by atoms with van der Waals surface area (Å²) in [7, 11) is 1.54. The molecule has 36 heavy (non-hydrogen) atoms. The normalized spacial score (nSPS) is 17.2. The summed E-state index contributed by atoms with van der Waals surface area (Å²) in [6.07, 6.45) is 1.48. The number of rotatable bonds is 8. The molecule has 0 bridgehead atoms. The van der Waals surface area contributed by atoms with E-state index in [-0.39, 0.29) is 17.6 Å². The quantitative estimate of drug-likeness (QED) is 0.532. The first kappa shape index (κ1) is 25.6. The van der Waals surface area contributed by atoms with Gasteiger partial charge in [0.05, 0.1) is 31.3 Å². The number of carbonyl (C=O) groups is 3. The second-order valence-electron chi connectivity index (χ2n) is 8.51. The highest BCUT2D eigenvalue weighted by atomic mass is 32.2. The minimum Gasteiger partial charge on any atom is -0.493 e. The van der Waals surface area contributed by atoms with Crippen LogP contribution in [0.2, 0.25) is 0 Å². The monoisotopic (exact) mass is 511 g/mol. The number of para-hydroxylation sites is 1. The van der Waals surface area contributed by atoms with Crippen molar-refractivity contribution >= 4 is 46.3 Å². The molecule has 2 heterocycles. The van der Waals surface area contributed by atoms with Crippen LogP contribution in [0.3, 0.4) is 0 Å². The van der Waals surface area contributed by atoms with Crippen molar-refractivity contribution in [3.05, 3.63) is 52.9 Å². The Morgan fingerprint density at radius 3 is 2.53 bits per heavy atom. The molecule has 0 unspecified atom stereocenters. The van der Waals surface area contributed by atoms with Crippen LogP contribution in [0.25, 0.3) is 6.08 Å². The second-order valence-corrected chi connectivity index (χ2v) is 9.50. The van der Waals surface area contributed by atoms with Crippen molar-refractivity contribution in [2.24, 2.45) is 0 Å². The van der Waals surface area contributed by atoms with E-state index in [1.54, 1.807) is 36.4 Å². The highest BCUT2D eigenvalue weighted by Crippen LogP contribution is 2.37. The van der Waals surface area contributed by atoms with E-state index in [1.165, 1.54) is 7.11 Å². The Bertz CT molecular complexity index is 1160. The Balaban J connectivity index is 1.42. The summed E-state index contributed by atoms with van der Waals surface area (Å²) in [6, 6.07) is 12.8. The summed E-state index contributed by atoms with van der Waals surface area (Å²) >= 11 is 0.790. The standard InChI is InChI=1S/C26H29N3O6S/c1-17(2)35-24-18(5-4-6-21(24)33-3)15-22-25(31)29(26(32)36-22)16-23(30)27-19-7-9-20(10-8-19)28-11-13-34-14-12-28/h4-10,15,17H,11-14,16H2,1-3H3,(H,27,30)/b22-15-. The molecule has 2 aromatic rings. The Morgan fingerprint density at radius 2 is 1.86 bits per heavy atom. The van der Waals surface area contributed by atoms with Gasteiger partial charge in [0.2, 0.25) is 5.91 Å². The molecule has 2 aliphatic heterocycles. The average Bonchev–Trinajstić information content (AvgIpc) is 3.13. The highest BCUT2D eigenvalue weighted by molar-refractivity contribution is 8.18. The molecule has 0 saturated carbocycles. The van der Waals surface area contributed by atoms with Crippen molar-refractivity contribution in [3.8, 4) is 11.5 Å². The van der Waals surface area contributed by atoms with Gasteiger partial charge >= 0.3 is 0 Å². The zero-order valence-corrected chi connectivity index (χ0v) is 21.3. The van der Waals surface area contributed by atoms with E-state index in [1.807, 2.05) is 26.0 Å². The van der Waals surface area contributed by atoms with Gasteiger partial charge in [0.1, 0.15) is 6.54 Å². The van der Waals surface area contributed by atoms with Gasteiger partial charge in [-0.15, -0.1) is 0 Å². The summed E-state index contributed by atoms with van der Waals surface area (Å²) in [5, 5.41) is 2.26. The molecule has 2 fully saturated rings. The largest absolute Gasteiger partial charge is 0.493 e. The van der Waals surface area contributed by atoms with Crippen molar-refractivity contribution in [1.82, 2.24) is 4.90 Å². The maximum atomic E-state index is 13.0. The Hall–Kier alpha value is -3.50. The van der Waals surface area contributed by atoms with Gasteiger partial charge in [-0.3, -0.25) is 19.3 Å². The van der Waals surface area contributed by atoms with Gasteiger partial charge in [-0.25, -0.2) is 0 Å². The van der Waals surface area contributed by atoms with Crippen LogP contribution in [-0.2, 0) is 14.3 Å². The minimum atomic E-state index is -0.527. The van der Waals surface area contributed by atoms with Crippen LogP contribution in [-0.4, -0.2) is 68.0 Å². The first-order valence-electron chi connectivity index (χ1n) is 11.7. The van der Waals surface area contributed by atoms with Crippen molar-refractivity contribution in [3.63, 3.8) is 0 Å². The van der Waals surface area contributed by atoms with E-state index < -0.39 is 17.1 Å². The summed E-state index contributed by atoms with van der Waals surface area (Å²) < 4.78 is 16.6. The Labute approximate surface area is 214 Å². The number of nitrogens with one attached hydrogen (secondary N) is 1. The highest BCUT2D eigenvalue weighted by Gasteiger charge is 2.36. The molecule has 0 spiro atoms. The van der Waals surface area contributed by atoms with Crippen LogP contribution >= 0.6 is 11.8 Å². The third kappa shape index (κ3) is 6.00. The van der Waals surface area contributed by atoms with Gasteiger partial charge in [-0.05, 0) is 62.0 Å². The van der Waals surface area contributed by atoms with Gasteiger partial charge < -0.3 is 24.4 Å². The van der Waals surface area contributed by atoms with Gasteiger partial charge in [0, 0.05) is 30.0 Å². The van der Waals surface area contributed by atoms with E-state index in [2.05, 4.69) is 10.2 Å². The average molecular weight is 512 g/mol. The molecular weight excluding hydrogens is 482 g/mol. The van der Waals surface area contributed by atoms with Gasteiger partial charge in [-0.1, -0.05) is 12.1 Å². The number of imide groups is 1. The predicted molar refractivity (Wildman–Crippen MR) is 140 cm³/mol. The lowest BCUT2D eigenvalue weighted by molar-refractivity contribution is -0.127. The van der Waals surface area contributed by atoms with Gasteiger partial charge in [0.15, 0.2) is 11.5 Å². The summed E-state index contributed by atoms with van der Waals surface area (Å²) in [6.45, 7) is 6.42. The second kappa shape index (κ2) is 11.5. The van der Waals surface area contributed by atoms with Crippen LogP contribution in [0.4, 0.5) is 16.2 Å². The van der Waals surface area contributed by atoms with Crippen LogP contribution in [0.5, 0.6) is 11.5 Å². The molecular formula is C26H29N3O6S. The molecule has 0 aromatic heterocycles. The lowest BCUT2D eigenvalue weighted by Crippen LogP contribution is -2.36. The van der Waals surface area contributed by atoms with Crippen LogP contribution < -0.4 is 19.7 Å². The molecule has 2 saturated heterocycles. The Kier molecular flexibility index (Phi) is 8.17. The first-order valence-corrected chi connectivity index (χ1v) is 12.5. The predicted octanol–water partition coefficient (Wildman–Crippen LogP) is 3.99. The summed E-state index contributed by atoms with van der Waals surface area (Å²) in [5.41, 5.74) is 2.25. The molecule has 2 aliphatic rings. The fourth-order valence-electron chi connectivity index (χ4n) is 3.87. The van der Waals surface area contributed by atoms with E-state index in [9.17, 15) is 14.4 Å². The van der Waals surface area contributed by atoms with Crippen molar-refractivity contribution in [1.29, 1.82) is 0 Å².